The van der Waals surface area contributed by atoms with Crippen molar-refractivity contribution in [1.29, 1.82) is 0 Å². The number of hydrogen-bond donors (Lipinski definition) is 1. The minimum absolute atomic E-state index is 0.374. The summed E-state index contributed by atoms with van der Waals surface area (Å²) in [6.45, 7) is 4.73. The molecule has 0 radical (unpaired) electrons. The van der Waals surface area contributed by atoms with Crippen molar-refractivity contribution in [2.75, 3.05) is 13.2 Å². The molecule has 0 aliphatic heterocycles. The number of hydrogen-bond acceptors (Lipinski definition) is 3. The Hall–Kier alpha value is -0.770. The number of hydrazine groups is 1. The lowest BCUT2D eigenvalue weighted by Gasteiger charge is -2.14. The summed E-state index contributed by atoms with van der Waals surface area (Å²) < 4.78 is 4.66. The molecule has 0 aliphatic rings. The standard InChI is InChI=1S/C7H16N2O2/c1-3-5-6-9(8)7(10)11-4-2/h3-6,8H2,1-2H3. The third-order valence-electron chi connectivity index (χ3n) is 1.25. The maximum atomic E-state index is 10.8. The van der Waals surface area contributed by atoms with E-state index in [2.05, 4.69) is 4.74 Å². The van der Waals surface area contributed by atoms with Crippen molar-refractivity contribution in [3.05, 3.63) is 0 Å². The van der Waals surface area contributed by atoms with Gasteiger partial charge in [-0.25, -0.2) is 15.6 Å². The summed E-state index contributed by atoms with van der Waals surface area (Å²) in [5, 5.41) is 1.10. The molecule has 0 unspecified atom stereocenters. The zero-order valence-electron chi connectivity index (χ0n) is 7.17. The third kappa shape index (κ3) is 4.61. The van der Waals surface area contributed by atoms with Crippen molar-refractivity contribution in [3.8, 4) is 0 Å². The molecule has 4 nitrogen and oxygen atoms in total. The van der Waals surface area contributed by atoms with Gasteiger partial charge < -0.3 is 4.74 Å². The van der Waals surface area contributed by atoms with Gasteiger partial charge in [-0.1, -0.05) is 13.3 Å². The summed E-state index contributed by atoms with van der Waals surface area (Å²) in [5.41, 5.74) is 0. The van der Waals surface area contributed by atoms with Gasteiger partial charge in [-0.05, 0) is 13.3 Å². The molecule has 0 saturated heterocycles. The number of nitrogens with zero attached hydrogens (tertiary/aromatic N) is 1. The molecule has 0 heterocycles. The van der Waals surface area contributed by atoms with Crippen LogP contribution < -0.4 is 5.84 Å². The van der Waals surface area contributed by atoms with Gasteiger partial charge in [0.05, 0.1) is 6.61 Å². The molecule has 66 valence electrons. The van der Waals surface area contributed by atoms with Gasteiger partial charge in [0.25, 0.3) is 0 Å². The first-order chi connectivity index (χ1) is 5.22. The zero-order valence-corrected chi connectivity index (χ0v) is 7.17. The fourth-order valence-electron chi connectivity index (χ4n) is 0.626. The SMILES string of the molecule is CCCCN(N)C(=O)OCC. The van der Waals surface area contributed by atoms with Crippen LogP contribution in [-0.2, 0) is 4.74 Å². The Morgan fingerprint density at radius 2 is 2.18 bits per heavy atom. The van der Waals surface area contributed by atoms with Crippen molar-refractivity contribution in [2.45, 2.75) is 26.7 Å². The van der Waals surface area contributed by atoms with Gasteiger partial charge in [-0.3, -0.25) is 0 Å². The molecule has 2 N–H and O–H groups in total. The smallest absolute Gasteiger partial charge is 0.424 e. The molecule has 0 bridgehead atoms. The van der Waals surface area contributed by atoms with Gasteiger partial charge in [-0.15, -0.1) is 0 Å². The lowest BCUT2D eigenvalue weighted by molar-refractivity contribution is 0.107. The fraction of sp³-hybridized carbons (Fsp3) is 0.857. The number of amides is 1. The first kappa shape index (κ1) is 10.2. The molecular formula is C7H16N2O2. The molecule has 0 saturated carbocycles. The lowest BCUT2D eigenvalue weighted by Crippen LogP contribution is -2.38. The van der Waals surface area contributed by atoms with Crippen LogP contribution in [0.3, 0.4) is 0 Å². The van der Waals surface area contributed by atoms with Crippen LogP contribution in [0.1, 0.15) is 26.7 Å². The Balaban J connectivity index is 3.46. The molecule has 1 amide bonds. The predicted molar refractivity (Wildman–Crippen MR) is 42.8 cm³/mol. The van der Waals surface area contributed by atoms with Crippen LogP contribution in [0, 0.1) is 0 Å². The topological polar surface area (TPSA) is 55.6 Å². The van der Waals surface area contributed by atoms with E-state index in [1.165, 1.54) is 0 Å². The molecule has 4 heteroatoms. The summed E-state index contributed by atoms with van der Waals surface area (Å²) in [6, 6.07) is 0. The second-order valence-corrected chi connectivity index (χ2v) is 2.25. The minimum atomic E-state index is -0.444. The van der Waals surface area contributed by atoms with Crippen molar-refractivity contribution >= 4 is 6.09 Å². The maximum Gasteiger partial charge on any atom is 0.424 e. The van der Waals surface area contributed by atoms with Gasteiger partial charge in [0.1, 0.15) is 0 Å². The normalized spacial score (nSPS) is 9.36. The number of ether oxygens (including phenoxy) is 1. The van der Waals surface area contributed by atoms with Crippen molar-refractivity contribution < 1.29 is 9.53 Å². The van der Waals surface area contributed by atoms with Crippen LogP contribution in [0.25, 0.3) is 0 Å². The quantitative estimate of drug-likeness (QED) is 0.381. The van der Waals surface area contributed by atoms with Crippen molar-refractivity contribution in [2.24, 2.45) is 5.84 Å². The van der Waals surface area contributed by atoms with E-state index in [0.717, 1.165) is 17.9 Å². The van der Waals surface area contributed by atoms with E-state index in [1.807, 2.05) is 6.92 Å². The summed E-state index contributed by atoms with van der Waals surface area (Å²) >= 11 is 0. The number of rotatable bonds is 4. The van der Waals surface area contributed by atoms with Gasteiger partial charge in [0.15, 0.2) is 0 Å². The number of carbonyl (C=O) groups is 1. The molecular weight excluding hydrogens is 144 g/mol. The molecule has 0 atom stereocenters. The molecule has 11 heavy (non-hydrogen) atoms. The van der Waals surface area contributed by atoms with E-state index in [-0.39, 0.29) is 0 Å². The fourth-order valence-corrected chi connectivity index (χ4v) is 0.626. The highest BCUT2D eigenvalue weighted by Crippen LogP contribution is 1.92. The molecule has 0 aromatic heterocycles. The van der Waals surface area contributed by atoms with Crippen LogP contribution in [0.5, 0.6) is 0 Å². The van der Waals surface area contributed by atoms with E-state index in [4.69, 9.17) is 5.84 Å². The molecule has 0 rings (SSSR count). The molecule has 0 aliphatic carbocycles. The van der Waals surface area contributed by atoms with E-state index in [0.29, 0.717) is 13.2 Å². The number of carbonyl (C=O) groups excluding carboxylic acids is 1. The Bertz CT molecular complexity index is 117. The summed E-state index contributed by atoms with van der Waals surface area (Å²) in [5.74, 6) is 5.35. The molecule has 0 spiro atoms. The van der Waals surface area contributed by atoms with Crippen LogP contribution in [0.2, 0.25) is 0 Å². The van der Waals surface area contributed by atoms with Crippen molar-refractivity contribution in [3.63, 3.8) is 0 Å². The number of nitrogens with two attached hydrogens (primary N) is 1. The molecule has 0 aromatic rings. The maximum absolute atomic E-state index is 10.8. The first-order valence-corrected chi connectivity index (χ1v) is 3.91. The monoisotopic (exact) mass is 160 g/mol. The first-order valence-electron chi connectivity index (χ1n) is 3.91. The average molecular weight is 160 g/mol. The Morgan fingerprint density at radius 3 is 2.64 bits per heavy atom. The van der Waals surface area contributed by atoms with Gasteiger partial charge >= 0.3 is 6.09 Å². The van der Waals surface area contributed by atoms with Gasteiger partial charge in [-0.2, -0.15) is 0 Å². The molecule has 0 fully saturated rings. The Morgan fingerprint density at radius 1 is 1.55 bits per heavy atom. The van der Waals surface area contributed by atoms with E-state index < -0.39 is 6.09 Å². The second-order valence-electron chi connectivity index (χ2n) is 2.25. The second kappa shape index (κ2) is 5.97. The van der Waals surface area contributed by atoms with Crippen LogP contribution >= 0.6 is 0 Å². The summed E-state index contributed by atoms with van der Waals surface area (Å²) in [4.78, 5) is 10.8. The third-order valence-corrected chi connectivity index (χ3v) is 1.25. The largest absolute Gasteiger partial charge is 0.449 e. The summed E-state index contributed by atoms with van der Waals surface area (Å²) in [7, 11) is 0. The lowest BCUT2D eigenvalue weighted by atomic mass is 10.3. The predicted octanol–water partition coefficient (Wildman–Crippen LogP) is 1.12. The van der Waals surface area contributed by atoms with Gasteiger partial charge in [0.2, 0.25) is 0 Å². The van der Waals surface area contributed by atoms with Crippen molar-refractivity contribution in [1.82, 2.24) is 5.01 Å². The summed E-state index contributed by atoms with van der Waals surface area (Å²) in [6.07, 6.45) is 1.49. The van der Waals surface area contributed by atoms with Crippen LogP contribution in [0.4, 0.5) is 4.79 Å². The van der Waals surface area contributed by atoms with E-state index in [9.17, 15) is 4.79 Å². The Labute approximate surface area is 67.3 Å². The Kier molecular flexibility index (Phi) is 5.56. The molecule has 0 aromatic carbocycles. The van der Waals surface area contributed by atoms with Gasteiger partial charge in [0, 0.05) is 6.54 Å². The highest BCUT2D eigenvalue weighted by molar-refractivity contribution is 5.66. The minimum Gasteiger partial charge on any atom is -0.449 e. The highest BCUT2D eigenvalue weighted by Gasteiger charge is 2.07. The van der Waals surface area contributed by atoms with E-state index >= 15 is 0 Å². The highest BCUT2D eigenvalue weighted by atomic mass is 16.6. The van der Waals surface area contributed by atoms with Crippen LogP contribution in [0.15, 0.2) is 0 Å². The average Bonchev–Trinajstić information content (AvgIpc) is 2.00. The number of unbranched alkanes of at least 4 members (excludes halogenated alkanes) is 1. The van der Waals surface area contributed by atoms with Crippen LogP contribution in [-0.4, -0.2) is 24.3 Å². The zero-order chi connectivity index (χ0) is 8.69. The van der Waals surface area contributed by atoms with E-state index in [1.54, 1.807) is 6.92 Å².